The van der Waals surface area contributed by atoms with E-state index in [-0.39, 0.29) is 5.91 Å². The molecule has 0 aliphatic carbocycles. The van der Waals surface area contributed by atoms with Crippen LogP contribution < -0.4 is 15.1 Å². The van der Waals surface area contributed by atoms with Crippen LogP contribution in [0.5, 0.6) is 0 Å². The number of hydrogen-bond donors (Lipinski definition) is 1. The van der Waals surface area contributed by atoms with Crippen LogP contribution in [0.4, 0.5) is 22.9 Å². The van der Waals surface area contributed by atoms with E-state index in [0.717, 1.165) is 77.2 Å². The van der Waals surface area contributed by atoms with E-state index in [1.807, 2.05) is 25.5 Å². The SMILES string of the molecule is Cc1c(-c2ccc3c(c2)N(C)C(=O)C3)cc(Nc2ccc(N3CCOCC3)cn2)c2nccn12. The number of nitrogens with zero attached hydrogens (tertiary/aromatic N) is 5. The third kappa shape index (κ3) is 3.47. The summed E-state index contributed by atoms with van der Waals surface area (Å²) in [7, 11) is 1.84. The largest absolute Gasteiger partial charge is 0.378 e. The first kappa shape index (κ1) is 20.7. The Hall–Kier alpha value is -3.91. The van der Waals surface area contributed by atoms with Crippen LogP contribution in [0.3, 0.4) is 0 Å². The Balaban J connectivity index is 1.36. The van der Waals surface area contributed by atoms with Gasteiger partial charge < -0.3 is 24.3 Å². The van der Waals surface area contributed by atoms with Crippen molar-refractivity contribution in [2.75, 3.05) is 48.5 Å². The van der Waals surface area contributed by atoms with Crippen molar-refractivity contribution >= 4 is 34.4 Å². The Labute approximate surface area is 197 Å². The number of hydrogen-bond acceptors (Lipinski definition) is 6. The van der Waals surface area contributed by atoms with Crippen molar-refractivity contribution in [3.8, 4) is 11.1 Å². The molecule has 1 amide bonds. The molecule has 1 saturated heterocycles. The highest BCUT2D eigenvalue weighted by Gasteiger charge is 2.24. The number of morpholine rings is 1. The summed E-state index contributed by atoms with van der Waals surface area (Å²) in [6.07, 6.45) is 6.14. The monoisotopic (exact) mass is 454 g/mol. The lowest BCUT2D eigenvalue weighted by atomic mass is 10.0. The van der Waals surface area contributed by atoms with E-state index in [2.05, 4.69) is 61.8 Å². The van der Waals surface area contributed by atoms with Crippen molar-refractivity contribution in [1.82, 2.24) is 14.4 Å². The second-order valence-corrected chi connectivity index (χ2v) is 8.78. The number of carbonyl (C=O) groups is 1. The molecule has 0 unspecified atom stereocenters. The maximum atomic E-state index is 12.2. The van der Waals surface area contributed by atoms with Crippen LogP contribution in [0.2, 0.25) is 0 Å². The van der Waals surface area contributed by atoms with Crippen LogP contribution in [-0.2, 0) is 16.0 Å². The summed E-state index contributed by atoms with van der Waals surface area (Å²) in [5, 5.41) is 3.47. The molecule has 8 nitrogen and oxygen atoms in total. The molecule has 34 heavy (non-hydrogen) atoms. The molecule has 5 heterocycles. The zero-order valence-electron chi connectivity index (χ0n) is 19.3. The lowest BCUT2D eigenvalue weighted by Crippen LogP contribution is -2.36. The first-order valence-corrected chi connectivity index (χ1v) is 11.5. The Morgan fingerprint density at radius 1 is 1.06 bits per heavy atom. The topological polar surface area (TPSA) is 75.0 Å². The summed E-state index contributed by atoms with van der Waals surface area (Å²) in [6, 6.07) is 12.5. The Bertz CT molecular complexity index is 1390. The Kier molecular flexibility index (Phi) is 4.95. The number of benzene rings is 1. The number of fused-ring (bicyclic) bond motifs is 2. The summed E-state index contributed by atoms with van der Waals surface area (Å²) in [5.41, 5.74) is 8.08. The fraction of sp³-hybridized carbons (Fsp3) is 0.269. The zero-order valence-corrected chi connectivity index (χ0v) is 19.3. The molecule has 0 atom stereocenters. The molecule has 0 saturated carbocycles. The zero-order chi connectivity index (χ0) is 23.2. The maximum absolute atomic E-state index is 12.2. The number of aromatic nitrogens is 3. The molecule has 1 aromatic carbocycles. The number of likely N-dealkylation sites (N-methyl/N-ethyl adjacent to an activating group) is 1. The van der Waals surface area contributed by atoms with Crippen LogP contribution in [0, 0.1) is 6.92 Å². The molecule has 0 spiro atoms. The lowest BCUT2D eigenvalue weighted by molar-refractivity contribution is -0.117. The second kappa shape index (κ2) is 8.14. The van der Waals surface area contributed by atoms with E-state index < -0.39 is 0 Å². The van der Waals surface area contributed by atoms with Gasteiger partial charge in [-0.3, -0.25) is 4.79 Å². The Morgan fingerprint density at radius 2 is 1.91 bits per heavy atom. The number of nitrogens with one attached hydrogen (secondary N) is 1. The highest BCUT2D eigenvalue weighted by molar-refractivity contribution is 6.01. The highest BCUT2D eigenvalue weighted by Crippen LogP contribution is 2.36. The summed E-state index contributed by atoms with van der Waals surface area (Å²) in [4.78, 5) is 25.4. The third-order valence-corrected chi connectivity index (χ3v) is 6.78. The van der Waals surface area contributed by atoms with Crippen molar-refractivity contribution in [2.24, 2.45) is 0 Å². The average Bonchev–Trinajstić information content (AvgIpc) is 3.47. The summed E-state index contributed by atoms with van der Waals surface area (Å²) >= 11 is 0. The molecule has 1 N–H and O–H groups in total. The number of amides is 1. The number of rotatable bonds is 4. The van der Waals surface area contributed by atoms with Crippen molar-refractivity contribution in [3.63, 3.8) is 0 Å². The predicted molar refractivity (Wildman–Crippen MR) is 133 cm³/mol. The van der Waals surface area contributed by atoms with Gasteiger partial charge in [-0.25, -0.2) is 9.97 Å². The normalized spacial score (nSPS) is 15.8. The molecule has 0 radical (unpaired) electrons. The van der Waals surface area contributed by atoms with E-state index in [9.17, 15) is 4.79 Å². The van der Waals surface area contributed by atoms with Gasteiger partial charge in [0.05, 0.1) is 37.2 Å². The molecule has 8 heteroatoms. The first-order chi connectivity index (χ1) is 16.6. The average molecular weight is 455 g/mol. The van der Waals surface area contributed by atoms with Gasteiger partial charge in [-0.15, -0.1) is 0 Å². The smallest absolute Gasteiger partial charge is 0.231 e. The van der Waals surface area contributed by atoms with E-state index in [1.165, 1.54) is 0 Å². The van der Waals surface area contributed by atoms with E-state index in [1.54, 1.807) is 11.1 Å². The Morgan fingerprint density at radius 3 is 2.71 bits per heavy atom. The molecule has 172 valence electrons. The van der Waals surface area contributed by atoms with Gasteiger partial charge in [0.2, 0.25) is 5.91 Å². The van der Waals surface area contributed by atoms with Crippen LogP contribution in [0.15, 0.2) is 55.0 Å². The van der Waals surface area contributed by atoms with Gasteiger partial charge in [-0.2, -0.15) is 0 Å². The number of ether oxygens (including phenoxy) is 1. The van der Waals surface area contributed by atoms with Crippen LogP contribution in [0.25, 0.3) is 16.8 Å². The maximum Gasteiger partial charge on any atom is 0.231 e. The minimum absolute atomic E-state index is 0.128. The lowest BCUT2D eigenvalue weighted by Gasteiger charge is -2.28. The summed E-state index contributed by atoms with van der Waals surface area (Å²) in [5.74, 6) is 0.888. The van der Waals surface area contributed by atoms with E-state index >= 15 is 0 Å². The molecule has 2 aliphatic rings. The number of anilines is 4. The molecule has 0 bridgehead atoms. The van der Waals surface area contributed by atoms with Crippen molar-refractivity contribution in [2.45, 2.75) is 13.3 Å². The molecule has 3 aromatic heterocycles. The fourth-order valence-electron chi connectivity index (χ4n) is 4.82. The van der Waals surface area contributed by atoms with Gasteiger partial charge in [-0.1, -0.05) is 12.1 Å². The van der Waals surface area contributed by atoms with Crippen molar-refractivity contribution in [1.29, 1.82) is 0 Å². The van der Waals surface area contributed by atoms with Gasteiger partial charge in [0.1, 0.15) is 5.82 Å². The van der Waals surface area contributed by atoms with Crippen LogP contribution in [0.1, 0.15) is 11.3 Å². The number of pyridine rings is 2. The van der Waals surface area contributed by atoms with Gasteiger partial charge in [0.25, 0.3) is 0 Å². The second-order valence-electron chi connectivity index (χ2n) is 8.78. The molecular formula is C26H26N6O2. The predicted octanol–water partition coefficient (Wildman–Crippen LogP) is 3.80. The third-order valence-electron chi connectivity index (χ3n) is 6.78. The molecular weight excluding hydrogens is 428 g/mol. The quantitative estimate of drug-likeness (QED) is 0.506. The number of imidazole rings is 1. The van der Waals surface area contributed by atoms with E-state index in [4.69, 9.17) is 4.74 Å². The fourth-order valence-corrected chi connectivity index (χ4v) is 4.82. The number of aryl methyl sites for hydroxylation is 1. The van der Waals surface area contributed by atoms with Gasteiger partial charge in [-0.05, 0) is 42.3 Å². The minimum Gasteiger partial charge on any atom is -0.378 e. The number of carbonyl (C=O) groups excluding carboxylic acids is 1. The molecule has 4 aromatic rings. The molecule has 1 fully saturated rings. The standard InChI is InChI=1S/C26H26N6O2/c1-17-21(18-3-4-19-14-25(33)30(2)23(19)13-18)15-22(26-27-7-8-32(17)26)29-24-6-5-20(16-28-24)31-9-11-34-12-10-31/h3-8,13,15-16H,9-12,14H2,1-2H3,(H,28,29). The highest BCUT2D eigenvalue weighted by atomic mass is 16.5. The van der Waals surface area contributed by atoms with Gasteiger partial charge >= 0.3 is 0 Å². The van der Waals surface area contributed by atoms with Crippen LogP contribution >= 0.6 is 0 Å². The molecule has 6 rings (SSSR count). The minimum atomic E-state index is 0.128. The van der Waals surface area contributed by atoms with Gasteiger partial charge in [0.15, 0.2) is 5.65 Å². The van der Waals surface area contributed by atoms with Crippen LogP contribution in [-0.4, -0.2) is 53.6 Å². The summed E-state index contributed by atoms with van der Waals surface area (Å²) in [6.45, 7) is 5.34. The first-order valence-electron chi connectivity index (χ1n) is 11.5. The van der Waals surface area contributed by atoms with E-state index in [0.29, 0.717) is 6.42 Å². The van der Waals surface area contributed by atoms with Gasteiger partial charge in [0, 0.05) is 49.5 Å². The molecule has 2 aliphatic heterocycles. The van der Waals surface area contributed by atoms with Crippen molar-refractivity contribution in [3.05, 3.63) is 66.2 Å². The van der Waals surface area contributed by atoms with Crippen molar-refractivity contribution < 1.29 is 9.53 Å². The summed E-state index contributed by atoms with van der Waals surface area (Å²) < 4.78 is 7.53.